The minimum absolute atomic E-state index is 0.0319. The van der Waals surface area contributed by atoms with Crippen LogP contribution in [0.4, 0.5) is 13.2 Å². The summed E-state index contributed by atoms with van der Waals surface area (Å²) >= 11 is 0. The van der Waals surface area contributed by atoms with E-state index in [1.165, 1.54) is 4.90 Å². The predicted octanol–water partition coefficient (Wildman–Crippen LogP) is 3.83. The Bertz CT molecular complexity index is 695. The first-order valence-electron chi connectivity index (χ1n) is 9.36. The number of hydrogen-bond acceptors (Lipinski definition) is 3. The summed E-state index contributed by atoms with van der Waals surface area (Å²) in [4.78, 5) is 1.60. The molecule has 27 heavy (non-hydrogen) atoms. The number of halogens is 3. The molecule has 0 amide bonds. The number of benzene rings is 1. The zero-order valence-electron chi connectivity index (χ0n) is 16.1. The molecule has 0 saturated carbocycles. The molecule has 1 heterocycles. The average Bonchev–Trinajstić information content (AvgIpc) is 2.53. The third-order valence-electron chi connectivity index (χ3n) is 4.96. The van der Waals surface area contributed by atoms with Crippen molar-refractivity contribution in [2.45, 2.75) is 57.1 Å². The van der Waals surface area contributed by atoms with E-state index in [4.69, 9.17) is 0 Å². The molecule has 1 N–H and O–H groups in total. The van der Waals surface area contributed by atoms with Crippen molar-refractivity contribution in [2.75, 3.05) is 19.6 Å². The average molecular weight is 407 g/mol. The summed E-state index contributed by atoms with van der Waals surface area (Å²) in [5.41, 5.74) is 1.09. The van der Waals surface area contributed by atoms with Gasteiger partial charge in [0.15, 0.2) is 0 Å². The molecular weight excluding hydrogens is 377 g/mol. The Labute approximate surface area is 160 Å². The van der Waals surface area contributed by atoms with E-state index in [2.05, 4.69) is 18.6 Å². The Kier molecular flexibility index (Phi) is 7.33. The van der Waals surface area contributed by atoms with Gasteiger partial charge in [-0.2, -0.15) is 13.2 Å². The van der Waals surface area contributed by atoms with Gasteiger partial charge in [0.2, 0.25) is 10.0 Å². The first-order chi connectivity index (χ1) is 12.5. The van der Waals surface area contributed by atoms with Crippen molar-refractivity contribution in [1.29, 1.82) is 0 Å². The van der Waals surface area contributed by atoms with Crippen LogP contribution in [0.5, 0.6) is 0 Å². The molecule has 8 heteroatoms. The van der Waals surface area contributed by atoms with Gasteiger partial charge >= 0.3 is 6.18 Å². The molecule has 1 aromatic carbocycles. The van der Waals surface area contributed by atoms with Gasteiger partial charge in [-0.05, 0) is 68.8 Å². The van der Waals surface area contributed by atoms with E-state index in [0.29, 0.717) is 31.8 Å². The molecule has 1 saturated heterocycles. The van der Waals surface area contributed by atoms with Gasteiger partial charge < -0.3 is 0 Å². The minimum atomic E-state index is -4.19. The van der Waals surface area contributed by atoms with E-state index < -0.39 is 22.7 Å². The summed E-state index contributed by atoms with van der Waals surface area (Å²) in [6.45, 7) is 5.76. The lowest BCUT2D eigenvalue weighted by Crippen LogP contribution is -2.45. The van der Waals surface area contributed by atoms with E-state index in [-0.39, 0.29) is 16.9 Å². The van der Waals surface area contributed by atoms with Gasteiger partial charge in [0.25, 0.3) is 0 Å². The molecule has 1 atom stereocenters. The van der Waals surface area contributed by atoms with Crippen molar-refractivity contribution in [3.05, 3.63) is 29.8 Å². The highest BCUT2D eigenvalue weighted by Gasteiger charge is 2.34. The second-order valence-corrected chi connectivity index (χ2v) is 9.59. The maximum absolute atomic E-state index is 12.6. The lowest BCUT2D eigenvalue weighted by molar-refractivity contribution is -0.148. The first-order valence-corrected chi connectivity index (χ1v) is 10.8. The van der Waals surface area contributed by atoms with Gasteiger partial charge in [-0.3, -0.25) is 4.90 Å². The summed E-state index contributed by atoms with van der Waals surface area (Å²) in [5.74, 6) is 0.526. The van der Waals surface area contributed by atoms with Crippen LogP contribution in [0.25, 0.3) is 0 Å². The van der Waals surface area contributed by atoms with Crippen molar-refractivity contribution >= 4 is 10.0 Å². The molecule has 0 aromatic heterocycles. The smallest absolute Gasteiger partial charge is 0.295 e. The molecular formula is C19H29F3N2O2S. The van der Waals surface area contributed by atoms with Crippen LogP contribution in [-0.4, -0.2) is 45.2 Å². The standard InChI is InChI=1S/C19H29F3N2O2S/c1-14(2)12-16-4-6-18(7-5-16)27(25,26)23-15(3)17-8-10-24(11-9-17)13-19(20,21)22/h4-7,14-15,17,23H,8-13H2,1-3H3/t15-/m1/s1. The van der Waals surface area contributed by atoms with Gasteiger partial charge in [0.1, 0.15) is 0 Å². The van der Waals surface area contributed by atoms with Crippen LogP contribution in [0, 0.1) is 11.8 Å². The summed E-state index contributed by atoms with van der Waals surface area (Å²) in [7, 11) is -3.64. The monoisotopic (exact) mass is 406 g/mol. The lowest BCUT2D eigenvalue weighted by Gasteiger charge is -2.35. The van der Waals surface area contributed by atoms with E-state index >= 15 is 0 Å². The lowest BCUT2D eigenvalue weighted by atomic mass is 9.91. The summed E-state index contributed by atoms with van der Waals surface area (Å²) < 4.78 is 65.3. The van der Waals surface area contributed by atoms with E-state index in [1.54, 1.807) is 19.1 Å². The number of rotatable bonds is 7. The molecule has 1 aromatic rings. The van der Waals surface area contributed by atoms with Crippen molar-refractivity contribution in [3.8, 4) is 0 Å². The summed E-state index contributed by atoms with van der Waals surface area (Å²) in [6.07, 6.45) is -2.21. The van der Waals surface area contributed by atoms with Gasteiger partial charge in [-0.15, -0.1) is 0 Å². The minimum Gasteiger partial charge on any atom is -0.295 e. The number of nitrogens with one attached hydrogen (secondary N) is 1. The molecule has 2 rings (SSSR count). The highest BCUT2D eigenvalue weighted by molar-refractivity contribution is 7.89. The van der Waals surface area contributed by atoms with Crippen LogP contribution >= 0.6 is 0 Å². The fraction of sp³-hybridized carbons (Fsp3) is 0.684. The van der Waals surface area contributed by atoms with E-state index in [1.807, 2.05) is 12.1 Å². The van der Waals surface area contributed by atoms with Gasteiger partial charge in [-0.1, -0.05) is 26.0 Å². The number of piperidine rings is 1. The Balaban J connectivity index is 1.92. The van der Waals surface area contributed by atoms with Crippen LogP contribution in [0.2, 0.25) is 0 Å². The Morgan fingerprint density at radius 3 is 2.15 bits per heavy atom. The molecule has 1 aliphatic rings. The van der Waals surface area contributed by atoms with Crippen LogP contribution in [-0.2, 0) is 16.4 Å². The third kappa shape index (κ3) is 7.08. The quantitative estimate of drug-likeness (QED) is 0.749. The molecule has 1 aliphatic heterocycles. The zero-order valence-corrected chi connectivity index (χ0v) is 16.9. The molecule has 1 fully saturated rings. The van der Waals surface area contributed by atoms with Crippen LogP contribution in [0.1, 0.15) is 39.2 Å². The molecule has 154 valence electrons. The summed E-state index contributed by atoms with van der Waals surface area (Å²) in [5, 5.41) is 0. The molecule has 0 unspecified atom stereocenters. The van der Waals surface area contributed by atoms with Gasteiger partial charge in [0, 0.05) is 6.04 Å². The van der Waals surface area contributed by atoms with Crippen molar-refractivity contribution in [2.24, 2.45) is 11.8 Å². The normalized spacial score (nSPS) is 18.8. The number of likely N-dealkylation sites (tertiary alicyclic amines) is 1. The molecule has 0 radical (unpaired) electrons. The van der Waals surface area contributed by atoms with Crippen LogP contribution in [0.3, 0.4) is 0 Å². The number of hydrogen-bond donors (Lipinski definition) is 1. The van der Waals surface area contributed by atoms with Gasteiger partial charge in [-0.25, -0.2) is 13.1 Å². The number of alkyl halides is 3. The maximum Gasteiger partial charge on any atom is 0.401 e. The maximum atomic E-state index is 12.6. The van der Waals surface area contributed by atoms with Crippen LogP contribution in [0.15, 0.2) is 29.2 Å². The highest BCUT2D eigenvalue weighted by atomic mass is 32.2. The molecule has 0 aliphatic carbocycles. The van der Waals surface area contributed by atoms with Crippen molar-refractivity contribution in [1.82, 2.24) is 9.62 Å². The topological polar surface area (TPSA) is 49.4 Å². The molecule has 4 nitrogen and oxygen atoms in total. The number of nitrogens with zero attached hydrogens (tertiary/aromatic N) is 1. The Hall–Kier alpha value is -1.12. The second kappa shape index (κ2) is 8.92. The first kappa shape index (κ1) is 22.2. The fourth-order valence-electron chi connectivity index (χ4n) is 3.55. The Morgan fingerprint density at radius 1 is 1.11 bits per heavy atom. The predicted molar refractivity (Wildman–Crippen MR) is 100.0 cm³/mol. The number of sulfonamides is 1. The third-order valence-corrected chi connectivity index (χ3v) is 6.54. The Morgan fingerprint density at radius 2 is 1.67 bits per heavy atom. The molecule has 0 spiro atoms. The van der Waals surface area contributed by atoms with Gasteiger partial charge in [0.05, 0.1) is 11.4 Å². The zero-order chi connectivity index (χ0) is 20.2. The van der Waals surface area contributed by atoms with E-state index in [0.717, 1.165) is 12.0 Å². The second-order valence-electron chi connectivity index (χ2n) is 7.88. The highest BCUT2D eigenvalue weighted by Crippen LogP contribution is 2.25. The largest absolute Gasteiger partial charge is 0.401 e. The van der Waals surface area contributed by atoms with E-state index in [9.17, 15) is 21.6 Å². The molecule has 0 bridgehead atoms. The van der Waals surface area contributed by atoms with Crippen molar-refractivity contribution in [3.63, 3.8) is 0 Å². The van der Waals surface area contributed by atoms with Crippen LogP contribution < -0.4 is 4.72 Å². The SMILES string of the molecule is CC(C)Cc1ccc(S(=O)(=O)N[C@H](C)C2CCN(CC(F)(F)F)CC2)cc1. The van der Waals surface area contributed by atoms with Crippen molar-refractivity contribution < 1.29 is 21.6 Å². The summed E-state index contributed by atoms with van der Waals surface area (Å²) in [6, 6.07) is 6.56. The fourth-order valence-corrected chi connectivity index (χ4v) is 4.86.